The molecule has 0 radical (unpaired) electrons. The Morgan fingerprint density at radius 3 is 3.11 bits per heavy atom. The van der Waals surface area contributed by atoms with Crippen LogP contribution in [-0.4, -0.2) is 25.5 Å². The highest BCUT2D eigenvalue weighted by Gasteiger charge is 2.16. The molecule has 18 heavy (non-hydrogen) atoms. The lowest BCUT2D eigenvalue weighted by Gasteiger charge is -2.22. The molecular weight excluding hydrogens is 299 g/mol. The van der Waals surface area contributed by atoms with E-state index in [-0.39, 0.29) is 5.91 Å². The standard InChI is InChI=1S/C13H16BrFN2O/c14-12-4-3-10(15)6-11(12)13(18)17-8-9-2-1-5-16-7-9/h3-4,6,9,16H,1-2,5,7-8H2,(H,17,18). The van der Waals surface area contributed by atoms with E-state index < -0.39 is 5.82 Å². The number of carbonyl (C=O) groups excluding carboxylic acids is 1. The molecule has 1 saturated heterocycles. The van der Waals surface area contributed by atoms with Gasteiger partial charge in [0, 0.05) is 11.0 Å². The Hall–Kier alpha value is -0.940. The van der Waals surface area contributed by atoms with Gasteiger partial charge in [0.05, 0.1) is 5.56 Å². The smallest absolute Gasteiger partial charge is 0.252 e. The number of halogens is 2. The molecule has 1 aromatic rings. The van der Waals surface area contributed by atoms with Gasteiger partial charge < -0.3 is 10.6 Å². The van der Waals surface area contributed by atoms with Crippen LogP contribution >= 0.6 is 15.9 Å². The molecule has 5 heteroatoms. The average Bonchev–Trinajstić information content (AvgIpc) is 2.40. The van der Waals surface area contributed by atoms with Crippen molar-refractivity contribution in [1.29, 1.82) is 0 Å². The van der Waals surface area contributed by atoms with Crippen molar-refractivity contribution in [2.24, 2.45) is 5.92 Å². The Bertz CT molecular complexity index is 433. The van der Waals surface area contributed by atoms with E-state index in [9.17, 15) is 9.18 Å². The van der Waals surface area contributed by atoms with Crippen molar-refractivity contribution in [1.82, 2.24) is 10.6 Å². The molecule has 0 saturated carbocycles. The summed E-state index contributed by atoms with van der Waals surface area (Å²) in [5, 5.41) is 6.16. The van der Waals surface area contributed by atoms with Gasteiger partial charge in [-0.15, -0.1) is 0 Å². The molecule has 1 fully saturated rings. The summed E-state index contributed by atoms with van der Waals surface area (Å²) < 4.78 is 13.7. The number of carbonyl (C=O) groups is 1. The highest BCUT2D eigenvalue weighted by molar-refractivity contribution is 9.10. The molecule has 0 spiro atoms. The molecule has 2 N–H and O–H groups in total. The number of benzene rings is 1. The van der Waals surface area contributed by atoms with E-state index in [0.29, 0.717) is 22.5 Å². The van der Waals surface area contributed by atoms with Crippen molar-refractivity contribution < 1.29 is 9.18 Å². The molecule has 0 aromatic heterocycles. The first-order valence-corrected chi connectivity index (χ1v) is 6.90. The number of amides is 1. The zero-order chi connectivity index (χ0) is 13.0. The summed E-state index contributed by atoms with van der Waals surface area (Å²) in [6.45, 7) is 2.62. The van der Waals surface area contributed by atoms with Crippen LogP contribution in [0, 0.1) is 11.7 Å². The monoisotopic (exact) mass is 314 g/mol. The third-order valence-corrected chi connectivity index (χ3v) is 3.81. The van der Waals surface area contributed by atoms with Gasteiger partial charge >= 0.3 is 0 Å². The summed E-state index contributed by atoms with van der Waals surface area (Å²) in [6.07, 6.45) is 2.27. The maximum absolute atomic E-state index is 13.1. The molecule has 2 rings (SSSR count). The molecule has 1 aromatic carbocycles. The summed E-state index contributed by atoms with van der Waals surface area (Å²) in [4.78, 5) is 11.9. The van der Waals surface area contributed by atoms with E-state index in [2.05, 4.69) is 26.6 Å². The summed E-state index contributed by atoms with van der Waals surface area (Å²) >= 11 is 3.26. The lowest BCUT2D eigenvalue weighted by Crippen LogP contribution is -2.38. The number of hydrogen-bond acceptors (Lipinski definition) is 2. The van der Waals surface area contributed by atoms with Gasteiger partial charge in [-0.25, -0.2) is 4.39 Å². The molecule has 0 bridgehead atoms. The third kappa shape index (κ3) is 3.53. The lowest BCUT2D eigenvalue weighted by atomic mass is 10.00. The predicted molar refractivity (Wildman–Crippen MR) is 72.0 cm³/mol. The first-order valence-electron chi connectivity index (χ1n) is 6.11. The van der Waals surface area contributed by atoms with Crippen LogP contribution in [0.5, 0.6) is 0 Å². The average molecular weight is 315 g/mol. The van der Waals surface area contributed by atoms with Gasteiger partial charge in [-0.1, -0.05) is 0 Å². The summed E-state index contributed by atoms with van der Waals surface area (Å²) in [5.74, 6) is -0.162. The van der Waals surface area contributed by atoms with Crippen molar-refractivity contribution in [3.63, 3.8) is 0 Å². The van der Waals surface area contributed by atoms with Crippen molar-refractivity contribution in [3.8, 4) is 0 Å². The number of rotatable bonds is 3. The quantitative estimate of drug-likeness (QED) is 0.899. The minimum Gasteiger partial charge on any atom is -0.352 e. The van der Waals surface area contributed by atoms with Crippen LogP contribution in [0.2, 0.25) is 0 Å². The number of nitrogens with one attached hydrogen (secondary N) is 2. The lowest BCUT2D eigenvalue weighted by molar-refractivity contribution is 0.0943. The van der Waals surface area contributed by atoms with Gasteiger partial charge in [0.1, 0.15) is 5.82 Å². The van der Waals surface area contributed by atoms with Gasteiger partial charge in [-0.3, -0.25) is 4.79 Å². The second kappa shape index (κ2) is 6.29. The zero-order valence-electron chi connectivity index (χ0n) is 10.0. The van der Waals surface area contributed by atoms with Gasteiger partial charge in [0.15, 0.2) is 0 Å². The van der Waals surface area contributed by atoms with Gasteiger partial charge in [-0.2, -0.15) is 0 Å². The molecule has 98 valence electrons. The van der Waals surface area contributed by atoms with E-state index in [1.54, 1.807) is 6.07 Å². The maximum atomic E-state index is 13.1. The minimum absolute atomic E-state index is 0.230. The molecule has 1 amide bonds. The Balaban J connectivity index is 1.92. The molecule has 3 nitrogen and oxygen atoms in total. The van der Waals surface area contributed by atoms with Crippen LogP contribution in [-0.2, 0) is 0 Å². The second-order valence-electron chi connectivity index (χ2n) is 4.55. The largest absolute Gasteiger partial charge is 0.352 e. The molecule has 1 unspecified atom stereocenters. The van der Waals surface area contributed by atoms with Gasteiger partial charge in [0.2, 0.25) is 0 Å². The number of hydrogen-bond donors (Lipinski definition) is 2. The van der Waals surface area contributed by atoms with Crippen molar-refractivity contribution in [2.75, 3.05) is 19.6 Å². The molecule has 1 aliphatic rings. The maximum Gasteiger partial charge on any atom is 0.252 e. The van der Waals surface area contributed by atoms with Crippen molar-refractivity contribution in [2.45, 2.75) is 12.8 Å². The highest BCUT2D eigenvalue weighted by Crippen LogP contribution is 2.18. The Kier molecular flexibility index (Phi) is 4.72. The van der Waals surface area contributed by atoms with Gasteiger partial charge in [-0.05, 0) is 66.0 Å². The fraction of sp³-hybridized carbons (Fsp3) is 0.462. The fourth-order valence-electron chi connectivity index (χ4n) is 2.10. The van der Waals surface area contributed by atoms with Crippen LogP contribution in [0.3, 0.4) is 0 Å². The Morgan fingerprint density at radius 1 is 1.56 bits per heavy atom. The minimum atomic E-state index is -0.400. The zero-order valence-corrected chi connectivity index (χ0v) is 11.6. The van der Waals surface area contributed by atoms with Gasteiger partial charge in [0.25, 0.3) is 5.91 Å². The topological polar surface area (TPSA) is 41.1 Å². The van der Waals surface area contributed by atoms with E-state index in [4.69, 9.17) is 0 Å². The molecular formula is C13H16BrFN2O. The predicted octanol–water partition coefficient (Wildman–Crippen LogP) is 2.32. The van der Waals surface area contributed by atoms with E-state index in [1.165, 1.54) is 12.1 Å². The molecule has 0 aliphatic carbocycles. The normalized spacial score (nSPS) is 19.6. The van der Waals surface area contributed by atoms with Crippen LogP contribution in [0.1, 0.15) is 23.2 Å². The second-order valence-corrected chi connectivity index (χ2v) is 5.40. The first kappa shape index (κ1) is 13.5. The molecule has 1 heterocycles. The Labute approximate surface area is 114 Å². The number of piperidine rings is 1. The summed E-state index contributed by atoms with van der Waals surface area (Å²) in [7, 11) is 0. The van der Waals surface area contributed by atoms with Crippen LogP contribution in [0.25, 0.3) is 0 Å². The van der Waals surface area contributed by atoms with E-state index >= 15 is 0 Å². The third-order valence-electron chi connectivity index (χ3n) is 3.12. The Morgan fingerprint density at radius 2 is 2.39 bits per heavy atom. The van der Waals surface area contributed by atoms with Crippen molar-refractivity contribution in [3.05, 3.63) is 34.1 Å². The van der Waals surface area contributed by atoms with Crippen molar-refractivity contribution >= 4 is 21.8 Å². The van der Waals surface area contributed by atoms with E-state index in [1.807, 2.05) is 0 Å². The first-order chi connectivity index (χ1) is 8.66. The highest BCUT2D eigenvalue weighted by atomic mass is 79.9. The molecule has 1 atom stereocenters. The van der Waals surface area contributed by atoms with E-state index in [0.717, 1.165) is 25.9 Å². The summed E-state index contributed by atoms with van der Waals surface area (Å²) in [5.41, 5.74) is 0.346. The fourth-order valence-corrected chi connectivity index (χ4v) is 2.53. The van der Waals surface area contributed by atoms with Crippen LogP contribution in [0.15, 0.2) is 22.7 Å². The SMILES string of the molecule is O=C(NCC1CCCNC1)c1cc(F)ccc1Br. The summed E-state index contributed by atoms with van der Waals surface area (Å²) in [6, 6.07) is 4.12. The van der Waals surface area contributed by atoms with Crippen LogP contribution in [0.4, 0.5) is 4.39 Å². The molecule has 1 aliphatic heterocycles. The van der Waals surface area contributed by atoms with Crippen LogP contribution < -0.4 is 10.6 Å².